The van der Waals surface area contributed by atoms with Gasteiger partial charge in [-0.1, -0.05) is 26.7 Å². The molecule has 0 aliphatic carbocycles. The van der Waals surface area contributed by atoms with Gasteiger partial charge in [0.1, 0.15) is 0 Å². The number of thiol groups is 1. The highest BCUT2D eigenvalue weighted by Gasteiger charge is 2.26. The van der Waals surface area contributed by atoms with Gasteiger partial charge < -0.3 is 9.47 Å². The molecule has 0 aromatic carbocycles. The summed E-state index contributed by atoms with van der Waals surface area (Å²) in [6.07, 6.45) is 4.82. The molecule has 0 N–H and O–H groups in total. The third-order valence-corrected chi connectivity index (χ3v) is 3.55. The molecular formula is C13H28O2S. The summed E-state index contributed by atoms with van der Waals surface area (Å²) in [7, 11) is 0. The van der Waals surface area contributed by atoms with Crippen LogP contribution in [0, 0.1) is 5.41 Å². The molecule has 0 fully saturated rings. The van der Waals surface area contributed by atoms with Gasteiger partial charge in [0.05, 0.1) is 19.8 Å². The molecule has 0 aliphatic rings. The lowest BCUT2D eigenvalue weighted by Crippen LogP contribution is -2.29. The maximum atomic E-state index is 5.72. The van der Waals surface area contributed by atoms with Crippen LogP contribution in [0.25, 0.3) is 0 Å². The summed E-state index contributed by atoms with van der Waals surface area (Å²) in [5, 5.41) is 0. The molecule has 0 heterocycles. The molecule has 0 saturated heterocycles. The number of hydrogen-bond donors (Lipinski definition) is 1. The Morgan fingerprint density at radius 2 is 1.50 bits per heavy atom. The molecule has 0 amide bonds. The predicted octanol–water partition coefficient (Wildman–Crippen LogP) is 3.56. The van der Waals surface area contributed by atoms with Crippen molar-refractivity contribution in [3.63, 3.8) is 0 Å². The van der Waals surface area contributed by atoms with Crippen molar-refractivity contribution in [1.29, 1.82) is 0 Å². The minimum atomic E-state index is 0.277. The van der Waals surface area contributed by atoms with Crippen molar-refractivity contribution in [3.8, 4) is 0 Å². The summed E-state index contributed by atoms with van der Waals surface area (Å²) >= 11 is 4.50. The van der Waals surface area contributed by atoms with Crippen LogP contribution >= 0.6 is 12.6 Å². The Morgan fingerprint density at radius 3 is 1.94 bits per heavy atom. The van der Waals surface area contributed by atoms with E-state index in [0.29, 0.717) is 13.2 Å². The Kier molecular flexibility index (Phi) is 10.6. The first kappa shape index (κ1) is 16.3. The van der Waals surface area contributed by atoms with E-state index in [-0.39, 0.29) is 5.41 Å². The van der Waals surface area contributed by atoms with E-state index in [1.807, 2.05) is 6.92 Å². The lowest BCUT2D eigenvalue weighted by molar-refractivity contribution is 0.00804. The van der Waals surface area contributed by atoms with Crippen molar-refractivity contribution in [2.45, 2.75) is 46.5 Å². The second kappa shape index (κ2) is 10.4. The van der Waals surface area contributed by atoms with Gasteiger partial charge in [-0.15, -0.1) is 0 Å². The monoisotopic (exact) mass is 248 g/mol. The highest BCUT2D eigenvalue weighted by Crippen LogP contribution is 2.31. The number of rotatable bonds is 11. The zero-order valence-electron chi connectivity index (χ0n) is 11.1. The summed E-state index contributed by atoms with van der Waals surface area (Å²) in [5.74, 6) is 0.920. The summed E-state index contributed by atoms with van der Waals surface area (Å²) < 4.78 is 11.0. The summed E-state index contributed by atoms with van der Waals surface area (Å²) in [6, 6.07) is 0. The molecule has 0 aromatic rings. The van der Waals surface area contributed by atoms with Gasteiger partial charge in [-0.3, -0.25) is 0 Å². The van der Waals surface area contributed by atoms with Crippen molar-refractivity contribution < 1.29 is 9.47 Å². The normalized spacial score (nSPS) is 12.0. The first-order chi connectivity index (χ1) is 7.74. The molecule has 0 aromatic heterocycles. The van der Waals surface area contributed by atoms with E-state index in [0.717, 1.165) is 19.0 Å². The van der Waals surface area contributed by atoms with Gasteiger partial charge in [-0.2, -0.15) is 12.6 Å². The molecule has 0 aliphatic heterocycles. The van der Waals surface area contributed by atoms with Crippen LogP contribution < -0.4 is 0 Å². The van der Waals surface area contributed by atoms with Crippen molar-refractivity contribution in [2.24, 2.45) is 5.41 Å². The zero-order chi connectivity index (χ0) is 12.3. The molecule has 2 nitrogen and oxygen atoms in total. The molecule has 0 atom stereocenters. The van der Waals surface area contributed by atoms with Crippen LogP contribution in [0.2, 0.25) is 0 Å². The molecular weight excluding hydrogens is 220 g/mol. The van der Waals surface area contributed by atoms with Crippen LogP contribution in [0.4, 0.5) is 0 Å². The topological polar surface area (TPSA) is 18.5 Å². The highest BCUT2D eigenvalue weighted by molar-refractivity contribution is 7.80. The van der Waals surface area contributed by atoms with Gasteiger partial charge >= 0.3 is 0 Å². The van der Waals surface area contributed by atoms with Crippen molar-refractivity contribution >= 4 is 12.6 Å². The van der Waals surface area contributed by atoms with Crippen LogP contribution in [0.15, 0.2) is 0 Å². The highest BCUT2D eigenvalue weighted by atomic mass is 32.1. The lowest BCUT2D eigenvalue weighted by atomic mass is 9.82. The Bertz CT molecular complexity index is 145. The van der Waals surface area contributed by atoms with E-state index in [1.54, 1.807) is 0 Å². The largest absolute Gasteiger partial charge is 0.379 e. The maximum absolute atomic E-state index is 5.72. The molecule has 3 heteroatoms. The predicted molar refractivity (Wildman–Crippen MR) is 73.4 cm³/mol. The quantitative estimate of drug-likeness (QED) is 0.445. The molecule has 98 valence electrons. The van der Waals surface area contributed by atoms with Gasteiger partial charge in [-0.25, -0.2) is 0 Å². The van der Waals surface area contributed by atoms with Gasteiger partial charge in [0, 0.05) is 12.0 Å². The first-order valence-electron chi connectivity index (χ1n) is 6.51. The minimum absolute atomic E-state index is 0.277. The minimum Gasteiger partial charge on any atom is -0.379 e. The Morgan fingerprint density at radius 1 is 0.938 bits per heavy atom. The van der Waals surface area contributed by atoms with Crippen LogP contribution in [-0.4, -0.2) is 32.2 Å². The van der Waals surface area contributed by atoms with Crippen LogP contribution in [0.5, 0.6) is 0 Å². The van der Waals surface area contributed by atoms with Crippen molar-refractivity contribution in [3.05, 3.63) is 0 Å². The molecule has 0 rings (SSSR count). The zero-order valence-corrected chi connectivity index (χ0v) is 12.0. The third kappa shape index (κ3) is 6.77. The maximum Gasteiger partial charge on any atom is 0.0700 e. The Balaban J connectivity index is 3.89. The standard InChI is InChI=1S/C13H28O2S/c1-4-7-13(12-16,8-5-2)11-15-10-9-14-6-3/h16H,4-12H2,1-3H3. The Labute approximate surface area is 107 Å². The van der Waals surface area contributed by atoms with E-state index in [2.05, 4.69) is 26.5 Å². The van der Waals surface area contributed by atoms with Crippen LogP contribution in [0.1, 0.15) is 46.5 Å². The molecule has 0 spiro atoms. The second-order valence-electron chi connectivity index (χ2n) is 4.41. The van der Waals surface area contributed by atoms with E-state index in [9.17, 15) is 0 Å². The fraction of sp³-hybridized carbons (Fsp3) is 1.00. The van der Waals surface area contributed by atoms with Gasteiger partial charge in [0.15, 0.2) is 0 Å². The molecule has 0 bridgehead atoms. The molecule has 0 saturated carbocycles. The van der Waals surface area contributed by atoms with Crippen molar-refractivity contribution in [2.75, 3.05) is 32.2 Å². The fourth-order valence-corrected chi connectivity index (χ4v) is 2.49. The summed E-state index contributed by atoms with van der Waals surface area (Å²) in [6.45, 7) is 9.47. The van der Waals surface area contributed by atoms with E-state index in [4.69, 9.17) is 9.47 Å². The van der Waals surface area contributed by atoms with Crippen LogP contribution in [-0.2, 0) is 9.47 Å². The third-order valence-electron chi connectivity index (χ3n) is 2.88. The molecule has 16 heavy (non-hydrogen) atoms. The summed E-state index contributed by atoms with van der Waals surface area (Å²) in [4.78, 5) is 0. The van der Waals surface area contributed by atoms with Crippen molar-refractivity contribution in [1.82, 2.24) is 0 Å². The number of hydrogen-bond acceptors (Lipinski definition) is 3. The van der Waals surface area contributed by atoms with E-state index >= 15 is 0 Å². The van der Waals surface area contributed by atoms with E-state index in [1.165, 1.54) is 25.7 Å². The first-order valence-corrected chi connectivity index (χ1v) is 7.14. The smallest absolute Gasteiger partial charge is 0.0700 e. The molecule has 0 unspecified atom stereocenters. The second-order valence-corrected chi connectivity index (χ2v) is 4.72. The number of ether oxygens (including phenoxy) is 2. The lowest BCUT2D eigenvalue weighted by Gasteiger charge is -2.31. The van der Waals surface area contributed by atoms with Crippen LogP contribution in [0.3, 0.4) is 0 Å². The average Bonchev–Trinajstić information content (AvgIpc) is 2.29. The van der Waals surface area contributed by atoms with Gasteiger partial charge in [0.2, 0.25) is 0 Å². The van der Waals surface area contributed by atoms with E-state index < -0.39 is 0 Å². The molecule has 0 radical (unpaired) electrons. The van der Waals surface area contributed by atoms with Gasteiger partial charge in [-0.05, 0) is 25.5 Å². The van der Waals surface area contributed by atoms with Gasteiger partial charge in [0.25, 0.3) is 0 Å². The average molecular weight is 248 g/mol. The Hall–Kier alpha value is 0.270. The summed E-state index contributed by atoms with van der Waals surface area (Å²) in [5.41, 5.74) is 0.277. The SMILES string of the molecule is CCCC(CS)(CCC)COCCOCC. The fourth-order valence-electron chi connectivity index (χ4n) is 2.08.